The van der Waals surface area contributed by atoms with Crippen LogP contribution in [0, 0.1) is 5.92 Å². The Labute approximate surface area is 210 Å². The van der Waals surface area contributed by atoms with Gasteiger partial charge >= 0.3 is 5.97 Å². The van der Waals surface area contributed by atoms with Crippen molar-refractivity contribution in [3.05, 3.63) is 107 Å². The number of nitrogens with zero attached hydrogens (tertiary/aromatic N) is 1. The number of hydrogen-bond donors (Lipinski definition) is 1. The number of carbonyl (C=O) groups is 2. The van der Waals surface area contributed by atoms with Crippen molar-refractivity contribution in [1.82, 2.24) is 4.90 Å². The maximum atomic E-state index is 14.1. The third-order valence-electron chi connectivity index (χ3n) is 7.31. The van der Waals surface area contributed by atoms with Crippen LogP contribution in [0.1, 0.15) is 41.9 Å². The highest BCUT2D eigenvalue weighted by atomic mass is 35.5. The number of benzene rings is 3. The quantitative estimate of drug-likeness (QED) is 0.474. The van der Waals surface area contributed by atoms with Crippen molar-refractivity contribution < 1.29 is 19.4 Å². The minimum atomic E-state index is -0.965. The van der Waals surface area contributed by atoms with Crippen molar-refractivity contribution in [2.24, 2.45) is 5.92 Å². The van der Waals surface area contributed by atoms with Gasteiger partial charge in [-0.15, -0.1) is 0 Å². The normalized spacial score (nSPS) is 23.4. The van der Waals surface area contributed by atoms with Gasteiger partial charge in [-0.3, -0.25) is 4.79 Å². The molecule has 1 unspecified atom stereocenters. The number of rotatable bonds is 7. The van der Waals surface area contributed by atoms with Gasteiger partial charge in [0.1, 0.15) is 6.04 Å². The van der Waals surface area contributed by atoms with E-state index in [1.54, 1.807) is 4.90 Å². The minimum Gasteiger partial charge on any atom is -0.480 e. The van der Waals surface area contributed by atoms with Crippen molar-refractivity contribution >= 4 is 23.5 Å². The van der Waals surface area contributed by atoms with Gasteiger partial charge in [0.2, 0.25) is 5.91 Å². The Morgan fingerprint density at radius 3 is 2.09 bits per heavy atom. The van der Waals surface area contributed by atoms with Crippen molar-refractivity contribution in [1.29, 1.82) is 0 Å². The number of fused-ring (bicyclic) bond motifs is 3. The maximum absolute atomic E-state index is 14.1. The summed E-state index contributed by atoms with van der Waals surface area (Å²) in [6, 6.07) is 25.6. The number of carbonyl (C=O) groups excluding carboxylic acids is 1. The molecule has 3 aliphatic rings. The van der Waals surface area contributed by atoms with E-state index in [1.807, 2.05) is 84.9 Å². The monoisotopic (exact) mass is 489 g/mol. The lowest BCUT2D eigenvalue weighted by atomic mass is 9.71. The second kappa shape index (κ2) is 10.2. The molecule has 1 N–H and O–H groups in total. The first kappa shape index (κ1) is 23.6. The molecule has 1 aliphatic carbocycles. The van der Waals surface area contributed by atoms with Gasteiger partial charge in [-0.1, -0.05) is 84.4 Å². The molecule has 180 valence electrons. The maximum Gasteiger partial charge on any atom is 0.326 e. The highest BCUT2D eigenvalue weighted by Gasteiger charge is 2.53. The Morgan fingerprint density at radius 1 is 0.914 bits per heavy atom. The first-order valence-electron chi connectivity index (χ1n) is 12.0. The molecule has 2 heterocycles. The van der Waals surface area contributed by atoms with E-state index in [0.29, 0.717) is 18.1 Å². The molecular weight excluding hydrogens is 462 g/mol. The number of ether oxygens (including phenoxy) is 1. The van der Waals surface area contributed by atoms with Crippen molar-refractivity contribution in [3.8, 4) is 0 Å². The lowest BCUT2D eigenvalue weighted by Gasteiger charge is -2.53. The van der Waals surface area contributed by atoms with E-state index < -0.39 is 17.9 Å². The SMILES string of the molecule is O=C(O)[C@@H]1[C@@H]2CC[C@@H](CC2OCc2ccc(Cl)cc2)N1C(=O)C(c1ccccc1)c1ccccc1. The second-order valence-electron chi connectivity index (χ2n) is 9.39. The Kier molecular flexibility index (Phi) is 6.89. The second-order valence-corrected chi connectivity index (χ2v) is 9.83. The standard InChI is InChI=1S/C29H28ClNO4/c30-22-13-11-19(12-14-22)18-35-25-17-23-15-16-24(25)27(29(33)34)31(23)28(32)26(20-7-3-1-4-8-20)21-9-5-2-6-10-21/h1-14,23-27H,15-18H2,(H,33,34)/t23-,24+,25?,27-/m0/s1. The number of hydrogen-bond acceptors (Lipinski definition) is 3. The summed E-state index contributed by atoms with van der Waals surface area (Å²) in [6.07, 6.45) is 1.96. The molecule has 0 aromatic heterocycles. The molecule has 6 rings (SSSR count). The van der Waals surface area contributed by atoms with Gasteiger partial charge in [0.25, 0.3) is 0 Å². The van der Waals surface area contributed by atoms with Gasteiger partial charge in [0, 0.05) is 17.0 Å². The molecule has 2 aliphatic heterocycles. The molecule has 0 radical (unpaired) electrons. The molecular formula is C29H28ClNO4. The number of piperidine rings is 2. The van der Waals surface area contributed by atoms with E-state index >= 15 is 0 Å². The van der Waals surface area contributed by atoms with Crippen LogP contribution in [0.5, 0.6) is 0 Å². The molecule has 5 nitrogen and oxygen atoms in total. The summed E-state index contributed by atoms with van der Waals surface area (Å²) in [4.78, 5) is 28.3. The van der Waals surface area contributed by atoms with Crippen LogP contribution < -0.4 is 0 Å². The Bertz CT molecular complexity index is 1130. The van der Waals surface area contributed by atoms with Gasteiger partial charge in [0.15, 0.2) is 0 Å². The Balaban J connectivity index is 1.42. The molecule has 3 aromatic rings. The van der Waals surface area contributed by atoms with Gasteiger partial charge < -0.3 is 14.7 Å². The first-order valence-corrected chi connectivity index (χ1v) is 12.4. The molecule has 2 saturated heterocycles. The van der Waals surface area contributed by atoms with E-state index in [0.717, 1.165) is 29.5 Å². The van der Waals surface area contributed by atoms with Crippen LogP contribution in [0.2, 0.25) is 5.02 Å². The Morgan fingerprint density at radius 2 is 1.51 bits per heavy atom. The molecule has 35 heavy (non-hydrogen) atoms. The predicted molar refractivity (Wildman–Crippen MR) is 134 cm³/mol. The molecule has 4 atom stereocenters. The van der Waals surface area contributed by atoms with E-state index in [-0.39, 0.29) is 24.0 Å². The highest BCUT2D eigenvalue weighted by molar-refractivity contribution is 6.30. The average Bonchev–Trinajstić information content (AvgIpc) is 2.89. The fourth-order valence-corrected chi connectivity index (χ4v) is 5.82. The summed E-state index contributed by atoms with van der Waals surface area (Å²) in [5, 5.41) is 10.9. The van der Waals surface area contributed by atoms with E-state index in [9.17, 15) is 14.7 Å². The highest BCUT2D eigenvalue weighted by Crippen LogP contribution is 2.44. The molecule has 6 heteroatoms. The van der Waals surface area contributed by atoms with E-state index in [1.165, 1.54) is 0 Å². The van der Waals surface area contributed by atoms with Crippen LogP contribution in [0.3, 0.4) is 0 Å². The summed E-state index contributed by atoms with van der Waals surface area (Å²) < 4.78 is 6.24. The largest absolute Gasteiger partial charge is 0.480 e. The minimum absolute atomic E-state index is 0.152. The smallest absolute Gasteiger partial charge is 0.326 e. The number of carboxylic acids is 1. The lowest BCUT2D eigenvalue weighted by molar-refractivity contribution is -0.177. The van der Waals surface area contributed by atoms with Gasteiger partial charge in [0.05, 0.1) is 18.6 Å². The predicted octanol–water partition coefficient (Wildman–Crippen LogP) is 5.52. The fourth-order valence-electron chi connectivity index (χ4n) is 5.69. The van der Waals surface area contributed by atoms with Crippen LogP contribution in [0.4, 0.5) is 0 Å². The number of halogens is 1. The molecule has 3 fully saturated rings. The van der Waals surface area contributed by atoms with Crippen molar-refractivity contribution in [2.75, 3.05) is 0 Å². The first-order chi connectivity index (χ1) is 17.0. The van der Waals surface area contributed by atoms with Gasteiger partial charge in [-0.25, -0.2) is 4.79 Å². The average molecular weight is 490 g/mol. The van der Waals surface area contributed by atoms with Gasteiger partial charge in [-0.2, -0.15) is 0 Å². The zero-order chi connectivity index (χ0) is 24.4. The third-order valence-corrected chi connectivity index (χ3v) is 7.56. The molecule has 2 bridgehead atoms. The zero-order valence-corrected chi connectivity index (χ0v) is 20.1. The van der Waals surface area contributed by atoms with Gasteiger partial charge in [-0.05, 0) is 48.1 Å². The summed E-state index contributed by atoms with van der Waals surface area (Å²) in [6.45, 7) is 0.391. The summed E-state index contributed by atoms with van der Waals surface area (Å²) >= 11 is 5.98. The van der Waals surface area contributed by atoms with Crippen molar-refractivity contribution in [2.45, 2.75) is 50.0 Å². The number of carboxylic acid groups (broad SMARTS) is 1. The summed E-state index contributed by atoms with van der Waals surface area (Å²) in [7, 11) is 0. The van der Waals surface area contributed by atoms with E-state index in [4.69, 9.17) is 16.3 Å². The van der Waals surface area contributed by atoms with E-state index in [2.05, 4.69) is 0 Å². The van der Waals surface area contributed by atoms with Crippen LogP contribution >= 0.6 is 11.6 Å². The van der Waals surface area contributed by atoms with Crippen molar-refractivity contribution in [3.63, 3.8) is 0 Å². The van der Waals surface area contributed by atoms with Crippen LogP contribution in [-0.2, 0) is 20.9 Å². The number of aliphatic carboxylic acids is 1. The Hall–Kier alpha value is -3.15. The molecule has 0 spiro atoms. The number of amides is 1. The van der Waals surface area contributed by atoms with Crippen LogP contribution in [-0.4, -0.2) is 40.1 Å². The fraction of sp³-hybridized carbons (Fsp3) is 0.310. The van der Waals surface area contributed by atoms with Crippen LogP contribution in [0.15, 0.2) is 84.9 Å². The molecule has 1 saturated carbocycles. The molecule has 1 amide bonds. The topological polar surface area (TPSA) is 66.8 Å². The van der Waals surface area contributed by atoms with Crippen LogP contribution in [0.25, 0.3) is 0 Å². The molecule has 3 aromatic carbocycles. The third kappa shape index (κ3) is 4.84. The summed E-state index contributed by atoms with van der Waals surface area (Å²) in [5.41, 5.74) is 2.72. The zero-order valence-electron chi connectivity index (χ0n) is 19.3. The summed E-state index contributed by atoms with van der Waals surface area (Å²) in [5.74, 6) is -1.92. The lowest BCUT2D eigenvalue weighted by Crippen LogP contribution is -2.65.